The molecular weight excluding hydrogens is 685 g/mol. The highest BCUT2D eigenvalue weighted by Gasteiger charge is 2.44. The summed E-state index contributed by atoms with van der Waals surface area (Å²) in [7, 11) is 1.37. The average Bonchev–Trinajstić information content (AvgIpc) is 3.46. The number of carbonyl (C=O) groups excluding carboxylic acids is 2. The number of fused-ring (bicyclic) bond motifs is 1. The van der Waals surface area contributed by atoms with Gasteiger partial charge in [-0.2, -0.15) is 44.3 Å². The van der Waals surface area contributed by atoms with Crippen LogP contribution < -0.4 is 15.5 Å². The minimum atomic E-state index is -5.14. The third-order valence-corrected chi connectivity index (χ3v) is 9.36. The van der Waals surface area contributed by atoms with Gasteiger partial charge in [0.1, 0.15) is 0 Å². The van der Waals surface area contributed by atoms with Crippen LogP contribution in [0.5, 0.6) is 0 Å². The zero-order valence-electron chi connectivity index (χ0n) is 26.9. The van der Waals surface area contributed by atoms with Crippen molar-refractivity contribution in [1.29, 1.82) is 0 Å². The van der Waals surface area contributed by atoms with Gasteiger partial charge in [-0.15, -0.1) is 5.10 Å². The summed E-state index contributed by atoms with van der Waals surface area (Å²) in [6, 6.07) is 2.12. The third-order valence-electron chi connectivity index (χ3n) is 9.36. The van der Waals surface area contributed by atoms with E-state index in [4.69, 9.17) is 5.73 Å². The van der Waals surface area contributed by atoms with Crippen LogP contribution in [0.1, 0.15) is 85.7 Å². The Labute approximate surface area is 280 Å². The van der Waals surface area contributed by atoms with Crippen molar-refractivity contribution in [3.8, 4) is 0 Å². The highest BCUT2D eigenvalue weighted by molar-refractivity contribution is 5.97. The van der Waals surface area contributed by atoms with Crippen LogP contribution >= 0.6 is 0 Å². The Balaban J connectivity index is 1.61. The van der Waals surface area contributed by atoms with E-state index in [-0.39, 0.29) is 47.9 Å². The molecule has 1 saturated carbocycles. The number of aromatic nitrogens is 4. The van der Waals surface area contributed by atoms with Gasteiger partial charge >= 0.3 is 18.5 Å². The number of tetrazole rings is 1. The van der Waals surface area contributed by atoms with Crippen LogP contribution in [0.4, 0.5) is 51.1 Å². The minimum absolute atomic E-state index is 0.00707. The molecule has 2 heterocycles. The molecule has 50 heavy (non-hydrogen) atoms. The van der Waals surface area contributed by atoms with E-state index in [9.17, 15) is 49.1 Å². The molecule has 1 aromatic heterocycles. The Bertz CT molecular complexity index is 1680. The molecule has 0 bridgehead atoms. The molecule has 0 saturated heterocycles. The molecule has 1 fully saturated rings. The molecule has 1 aliphatic carbocycles. The highest BCUT2D eigenvalue weighted by Crippen LogP contribution is 2.47. The van der Waals surface area contributed by atoms with Gasteiger partial charge < -0.3 is 15.5 Å². The molecule has 0 unspecified atom stereocenters. The van der Waals surface area contributed by atoms with Crippen LogP contribution in [0, 0.1) is 11.8 Å². The number of nitrogens with two attached hydrogens (primary N) is 1. The molecule has 2 N–H and O–H groups in total. The van der Waals surface area contributed by atoms with E-state index in [0.717, 1.165) is 23.0 Å². The molecule has 2 atom stereocenters. The maximum atomic E-state index is 14.1. The van der Waals surface area contributed by atoms with E-state index >= 15 is 0 Å². The van der Waals surface area contributed by atoms with Gasteiger partial charge in [-0.3, -0.25) is 9.59 Å². The molecule has 0 radical (unpaired) electrons. The number of halogens is 9. The Kier molecular flexibility index (Phi) is 10.1. The lowest BCUT2D eigenvalue weighted by molar-refractivity contribution is -0.143. The summed E-state index contributed by atoms with van der Waals surface area (Å²) in [4.78, 5) is 29.2. The zero-order chi connectivity index (χ0) is 36.8. The first-order chi connectivity index (χ1) is 23.3. The van der Waals surface area contributed by atoms with Crippen molar-refractivity contribution < 1.29 is 49.1 Å². The maximum absolute atomic E-state index is 14.1. The molecule has 0 spiro atoms. The Morgan fingerprint density at radius 1 is 0.880 bits per heavy atom. The SMILES string of the molecule is CC[C@@H]1C[C@H](N(Cc2cc(C(F)(F)F)cc(C(F)(F)F)c2)c2nnn(C)n2)c2cc(C(F)(F)F)ccc2N1C(=O)C1CCC(CC(N)=O)CC1. The number of anilines is 2. The van der Waals surface area contributed by atoms with Gasteiger partial charge in [-0.25, -0.2) is 0 Å². The van der Waals surface area contributed by atoms with Crippen LogP contribution in [0.2, 0.25) is 0 Å². The molecule has 3 aromatic rings. The van der Waals surface area contributed by atoms with E-state index in [1.165, 1.54) is 16.8 Å². The summed E-state index contributed by atoms with van der Waals surface area (Å²) < 4.78 is 125. The summed E-state index contributed by atoms with van der Waals surface area (Å²) in [6.07, 6.45) is -12.7. The number of carbonyl (C=O) groups is 2. The second-order valence-corrected chi connectivity index (χ2v) is 12.8. The number of hydrogen-bond donors (Lipinski definition) is 1. The van der Waals surface area contributed by atoms with Gasteiger partial charge in [0.15, 0.2) is 0 Å². The maximum Gasteiger partial charge on any atom is 0.416 e. The monoisotopic (exact) mass is 719 g/mol. The lowest BCUT2D eigenvalue weighted by Gasteiger charge is -2.46. The first kappa shape index (κ1) is 36.9. The lowest BCUT2D eigenvalue weighted by atomic mass is 9.78. The van der Waals surface area contributed by atoms with Crippen molar-refractivity contribution in [2.75, 3.05) is 9.80 Å². The van der Waals surface area contributed by atoms with E-state index < -0.39 is 71.2 Å². The summed E-state index contributed by atoms with van der Waals surface area (Å²) in [6.45, 7) is 1.08. The molecule has 5 rings (SSSR count). The predicted molar refractivity (Wildman–Crippen MR) is 161 cm³/mol. The molecule has 18 heteroatoms. The number of rotatable bonds is 8. The summed E-state index contributed by atoms with van der Waals surface area (Å²) >= 11 is 0. The average molecular weight is 720 g/mol. The summed E-state index contributed by atoms with van der Waals surface area (Å²) in [5.41, 5.74) is 0.782. The van der Waals surface area contributed by atoms with Crippen LogP contribution in [-0.2, 0) is 41.7 Å². The normalized spacial score (nSPS) is 21.5. The molecule has 2 amide bonds. The standard InChI is InChI=1S/C32H34F9N7O2/c1-3-23-15-26(47(29-43-45-46(2)44-29)16-18-10-21(31(36,37)38)13-22(11-18)32(39,40)41)24-14-20(30(33,34)35)8-9-25(24)48(23)28(50)19-6-4-17(5-7-19)12-27(42)49/h8-11,13-14,17,19,23,26H,3-7,12,15-16H2,1-2H3,(H2,42,49)/t17?,19?,23-,26+/m1/s1. The molecular formula is C32H34F9N7O2. The third kappa shape index (κ3) is 7.98. The fraction of sp³-hybridized carbons (Fsp3) is 0.531. The van der Waals surface area contributed by atoms with E-state index in [1.54, 1.807) is 6.92 Å². The first-order valence-corrected chi connectivity index (χ1v) is 15.9. The number of primary amides is 1. The van der Waals surface area contributed by atoms with Gasteiger partial charge in [0.2, 0.25) is 11.8 Å². The molecule has 2 aliphatic rings. The number of alkyl halides is 9. The fourth-order valence-electron chi connectivity index (χ4n) is 6.96. The topological polar surface area (TPSA) is 110 Å². The second-order valence-electron chi connectivity index (χ2n) is 12.8. The molecule has 1 aliphatic heterocycles. The quantitative estimate of drug-likeness (QED) is 0.247. The summed E-state index contributed by atoms with van der Waals surface area (Å²) in [5, 5.41) is 11.8. The van der Waals surface area contributed by atoms with Gasteiger partial charge in [-0.05, 0) is 97.2 Å². The number of nitrogens with zero attached hydrogens (tertiary/aromatic N) is 6. The zero-order valence-corrected chi connectivity index (χ0v) is 26.9. The smallest absolute Gasteiger partial charge is 0.370 e. The minimum Gasteiger partial charge on any atom is -0.370 e. The number of aryl methyl sites for hydroxylation is 1. The van der Waals surface area contributed by atoms with Crippen molar-refractivity contribution in [2.45, 2.75) is 89.0 Å². The van der Waals surface area contributed by atoms with Crippen LogP contribution in [0.15, 0.2) is 36.4 Å². The van der Waals surface area contributed by atoms with Gasteiger partial charge in [0, 0.05) is 30.6 Å². The van der Waals surface area contributed by atoms with Crippen LogP contribution in [0.25, 0.3) is 0 Å². The Morgan fingerprint density at radius 3 is 1.98 bits per heavy atom. The van der Waals surface area contributed by atoms with Crippen LogP contribution in [-0.4, -0.2) is 38.1 Å². The largest absolute Gasteiger partial charge is 0.416 e. The lowest BCUT2D eigenvalue weighted by Crippen LogP contribution is -2.50. The molecule has 9 nitrogen and oxygen atoms in total. The highest BCUT2D eigenvalue weighted by atomic mass is 19.4. The predicted octanol–water partition coefficient (Wildman–Crippen LogP) is 7.21. The van der Waals surface area contributed by atoms with E-state index in [0.29, 0.717) is 44.2 Å². The Morgan fingerprint density at radius 2 is 1.48 bits per heavy atom. The second kappa shape index (κ2) is 13.7. The number of benzene rings is 2. The fourth-order valence-corrected chi connectivity index (χ4v) is 6.96. The number of hydrogen-bond acceptors (Lipinski definition) is 6. The van der Waals surface area contributed by atoms with Crippen LogP contribution in [0.3, 0.4) is 0 Å². The van der Waals surface area contributed by atoms with Gasteiger partial charge in [0.05, 0.1) is 29.8 Å². The molecule has 2 aromatic carbocycles. The van der Waals surface area contributed by atoms with Crippen molar-refractivity contribution >= 4 is 23.5 Å². The van der Waals surface area contributed by atoms with E-state index in [2.05, 4.69) is 15.4 Å². The first-order valence-electron chi connectivity index (χ1n) is 15.9. The molecule has 272 valence electrons. The summed E-state index contributed by atoms with van der Waals surface area (Å²) in [5.74, 6) is -1.53. The van der Waals surface area contributed by atoms with Gasteiger partial charge in [-0.1, -0.05) is 12.0 Å². The van der Waals surface area contributed by atoms with Gasteiger partial charge in [0.25, 0.3) is 5.95 Å². The van der Waals surface area contributed by atoms with Crippen molar-refractivity contribution in [3.63, 3.8) is 0 Å². The van der Waals surface area contributed by atoms with Crippen molar-refractivity contribution in [1.82, 2.24) is 20.2 Å². The number of amides is 2. The Hall–Kier alpha value is -4.38. The van der Waals surface area contributed by atoms with Crippen molar-refractivity contribution in [2.24, 2.45) is 24.6 Å². The van der Waals surface area contributed by atoms with Crippen molar-refractivity contribution in [3.05, 3.63) is 64.2 Å². The van der Waals surface area contributed by atoms with E-state index in [1.807, 2.05) is 0 Å².